The monoisotopic (exact) mass is 590 g/mol. The second kappa shape index (κ2) is 10.7. The fraction of sp³-hybridized carbons (Fsp3) is 0.233. The van der Waals surface area contributed by atoms with Gasteiger partial charge in [0.2, 0.25) is 0 Å². The molecule has 0 spiro atoms. The van der Waals surface area contributed by atoms with Gasteiger partial charge < -0.3 is 15.2 Å². The third kappa shape index (κ3) is 5.75. The van der Waals surface area contributed by atoms with Crippen molar-refractivity contribution in [1.29, 1.82) is 0 Å². The van der Waals surface area contributed by atoms with Gasteiger partial charge in [0.15, 0.2) is 5.78 Å². The molecule has 1 aliphatic rings. The van der Waals surface area contributed by atoms with E-state index >= 15 is 0 Å². The van der Waals surface area contributed by atoms with Crippen LogP contribution in [0.25, 0.3) is 15.9 Å². The molecule has 0 unspecified atom stereocenters. The molecule has 0 bridgehead atoms. The third-order valence-electron chi connectivity index (χ3n) is 7.00. The molecule has 0 aliphatic heterocycles. The van der Waals surface area contributed by atoms with Crippen LogP contribution in [0, 0.1) is 13.8 Å². The number of thiophene rings is 1. The SMILES string of the molecule is Cc1cn(-c2cc(CC(=O)c3ccc(C)c(NC(=O)c4csc5c(NC6CC6)ncnc45)c3)cc(C(F)(F)F)c2)cn1. The quantitative estimate of drug-likeness (QED) is 0.194. The summed E-state index contributed by atoms with van der Waals surface area (Å²) in [6.45, 7) is 3.53. The molecule has 0 saturated heterocycles. The fourth-order valence-corrected chi connectivity index (χ4v) is 5.55. The van der Waals surface area contributed by atoms with Gasteiger partial charge in [-0.3, -0.25) is 9.59 Å². The van der Waals surface area contributed by atoms with E-state index in [1.807, 2.05) is 0 Å². The first kappa shape index (κ1) is 27.6. The molecule has 1 aliphatic carbocycles. The Hall–Kier alpha value is -4.58. The molecule has 3 heterocycles. The minimum Gasteiger partial charge on any atom is -0.366 e. The van der Waals surface area contributed by atoms with E-state index in [1.165, 1.54) is 28.6 Å². The number of nitrogens with zero attached hydrogens (tertiary/aromatic N) is 4. The normalized spacial score (nSPS) is 13.4. The largest absolute Gasteiger partial charge is 0.416 e. The number of hydrogen-bond donors (Lipinski definition) is 2. The maximum Gasteiger partial charge on any atom is 0.416 e. The van der Waals surface area contributed by atoms with Crippen LogP contribution >= 0.6 is 11.3 Å². The van der Waals surface area contributed by atoms with Crippen LogP contribution in [0.3, 0.4) is 0 Å². The van der Waals surface area contributed by atoms with Gasteiger partial charge in [0.25, 0.3) is 5.91 Å². The van der Waals surface area contributed by atoms with E-state index in [-0.39, 0.29) is 34.9 Å². The van der Waals surface area contributed by atoms with Gasteiger partial charge in [0, 0.05) is 41.0 Å². The van der Waals surface area contributed by atoms with Crippen LogP contribution in [0.1, 0.15) is 55.9 Å². The van der Waals surface area contributed by atoms with Gasteiger partial charge >= 0.3 is 6.18 Å². The highest BCUT2D eigenvalue weighted by atomic mass is 32.1. The molecule has 5 aromatic rings. The minimum absolute atomic E-state index is 0.211. The lowest BCUT2D eigenvalue weighted by Crippen LogP contribution is -2.14. The molecule has 12 heteroatoms. The zero-order chi connectivity index (χ0) is 29.6. The van der Waals surface area contributed by atoms with Crippen LogP contribution in [0.5, 0.6) is 0 Å². The van der Waals surface area contributed by atoms with E-state index in [4.69, 9.17) is 0 Å². The van der Waals surface area contributed by atoms with Gasteiger partial charge in [0.1, 0.15) is 12.1 Å². The summed E-state index contributed by atoms with van der Waals surface area (Å²) in [5.41, 5.74) is 2.60. The molecule has 2 N–H and O–H groups in total. The van der Waals surface area contributed by atoms with Gasteiger partial charge in [-0.2, -0.15) is 13.2 Å². The molecule has 0 atom stereocenters. The van der Waals surface area contributed by atoms with Crippen LogP contribution in [0.4, 0.5) is 24.7 Å². The molecule has 1 amide bonds. The number of imidazole rings is 1. The summed E-state index contributed by atoms with van der Waals surface area (Å²) < 4.78 is 43.3. The Morgan fingerprint density at radius 3 is 2.60 bits per heavy atom. The van der Waals surface area contributed by atoms with E-state index in [1.54, 1.807) is 49.7 Å². The number of anilines is 2. The van der Waals surface area contributed by atoms with Gasteiger partial charge in [-0.15, -0.1) is 11.3 Å². The Kier molecular flexibility index (Phi) is 7.01. The first-order valence-corrected chi connectivity index (χ1v) is 14.1. The van der Waals surface area contributed by atoms with Crippen LogP contribution in [0.15, 0.2) is 60.6 Å². The standard InChI is InChI=1S/C30H25F3N6O2S/c1-16-3-4-19(25(40)9-18-7-20(30(31,32)33)11-22(8-18)39-12-17(2)36-15-39)10-24(16)38-29(41)23-13-42-27-26(23)34-14-35-28(27)37-21-5-6-21/h3-4,7-8,10-15,21H,5-6,9H2,1-2H3,(H,38,41)(H,34,35,37). The zero-order valence-electron chi connectivity index (χ0n) is 22.6. The summed E-state index contributed by atoms with van der Waals surface area (Å²) in [5, 5.41) is 7.96. The van der Waals surface area contributed by atoms with E-state index in [9.17, 15) is 22.8 Å². The van der Waals surface area contributed by atoms with Gasteiger partial charge in [-0.25, -0.2) is 15.0 Å². The summed E-state index contributed by atoms with van der Waals surface area (Å²) in [4.78, 5) is 39.3. The maximum atomic E-state index is 13.7. The fourth-order valence-electron chi connectivity index (χ4n) is 4.59. The molecule has 1 fully saturated rings. The molecule has 214 valence electrons. The highest BCUT2D eigenvalue weighted by Gasteiger charge is 2.31. The smallest absolute Gasteiger partial charge is 0.366 e. The summed E-state index contributed by atoms with van der Waals surface area (Å²) in [6, 6.07) is 8.79. The minimum atomic E-state index is -4.59. The second-order valence-corrected chi connectivity index (χ2v) is 11.2. The van der Waals surface area contributed by atoms with E-state index in [0.29, 0.717) is 34.3 Å². The lowest BCUT2D eigenvalue weighted by molar-refractivity contribution is -0.137. The maximum absolute atomic E-state index is 13.7. The molecule has 8 nitrogen and oxygen atoms in total. The molecule has 0 radical (unpaired) electrons. The van der Waals surface area contributed by atoms with E-state index < -0.39 is 11.7 Å². The van der Waals surface area contributed by atoms with E-state index in [0.717, 1.165) is 35.2 Å². The number of nitrogens with one attached hydrogen (secondary N) is 2. The van der Waals surface area contributed by atoms with Crippen LogP contribution in [0.2, 0.25) is 0 Å². The molecule has 3 aromatic heterocycles. The van der Waals surface area contributed by atoms with Crippen molar-refractivity contribution in [2.45, 2.75) is 45.3 Å². The number of ketones is 1. The molecule has 42 heavy (non-hydrogen) atoms. The number of carbonyl (C=O) groups excluding carboxylic acids is 2. The number of aryl methyl sites for hydroxylation is 2. The number of fused-ring (bicyclic) bond motifs is 1. The Morgan fingerprint density at radius 1 is 1.07 bits per heavy atom. The number of rotatable bonds is 8. The highest BCUT2D eigenvalue weighted by molar-refractivity contribution is 7.18. The van der Waals surface area contributed by atoms with Gasteiger partial charge in [-0.1, -0.05) is 12.1 Å². The molecular formula is C30H25F3N6O2S. The van der Waals surface area contributed by atoms with Crippen molar-refractivity contribution in [2.24, 2.45) is 0 Å². The average Bonchev–Trinajstić information content (AvgIpc) is 3.47. The van der Waals surface area contributed by atoms with Crippen molar-refractivity contribution >= 4 is 44.7 Å². The zero-order valence-corrected chi connectivity index (χ0v) is 23.4. The van der Waals surface area contributed by atoms with Gasteiger partial charge in [-0.05, 0) is 62.1 Å². The summed E-state index contributed by atoms with van der Waals surface area (Å²) in [7, 11) is 0. The first-order valence-electron chi connectivity index (χ1n) is 13.2. The Balaban J connectivity index is 1.24. The molecule has 2 aromatic carbocycles. The lowest BCUT2D eigenvalue weighted by atomic mass is 9.99. The van der Waals surface area contributed by atoms with Crippen LogP contribution in [-0.2, 0) is 12.6 Å². The summed E-state index contributed by atoms with van der Waals surface area (Å²) >= 11 is 1.38. The lowest BCUT2D eigenvalue weighted by Gasteiger charge is -2.13. The predicted octanol–water partition coefficient (Wildman–Crippen LogP) is 6.76. The molecular weight excluding hydrogens is 565 g/mol. The second-order valence-electron chi connectivity index (χ2n) is 10.4. The van der Waals surface area contributed by atoms with E-state index in [2.05, 4.69) is 25.6 Å². The van der Waals surface area contributed by atoms with Crippen molar-refractivity contribution in [2.75, 3.05) is 10.6 Å². The highest BCUT2D eigenvalue weighted by Crippen LogP contribution is 2.34. The first-order chi connectivity index (χ1) is 20.0. The molecule has 1 saturated carbocycles. The molecule has 6 rings (SSSR count). The van der Waals surface area contributed by atoms with Crippen molar-refractivity contribution < 1.29 is 22.8 Å². The Labute approximate surface area is 242 Å². The van der Waals surface area contributed by atoms with Crippen LogP contribution in [-0.4, -0.2) is 37.3 Å². The van der Waals surface area contributed by atoms with Crippen molar-refractivity contribution in [1.82, 2.24) is 19.5 Å². The number of hydrogen-bond acceptors (Lipinski definition) is 7. The average molecular weight is 591 g/mol. The Bertz CT molecular complexity index is 1840. The third-order valence-corrected chi connectivity index (χ3v) is 7.98. The van der Waals surface area contributed by atoms with Crippen molar-refractivity contribution in [3.05, 3.63) is 94.1 Å². The van der Waals surface area contributed by atoms with Crippen LogP contribution < -0.4 is 10.6 Å². The number of alkyl halides is 3. The van der Waals surface area contributed by atoms with Gasteiger partial charge in [0.05, 0.1) is 33.4 Å². The number of Topliss-reactive ketones (excluding diaryl/α,β-unsaturated/α-hetero) is 1. The number of benzene rings is 2. The number of halogens is 3. The van der Waals surface area contributed by atoms with Crippen molar-refractivity contribution in [3.63, 3.8) is 0 Å². The summed E-state index contributed by atoms with van der Waals surface area (Å²) in [5.74, 6) is -0.0680. The number of carbonyl (C=O) groups is 2. The topological polar surface area (TPSA) is 102 Å². The number of amides is 1. The predicted molar refractivity (Wildman–Crippen MR) is 155 cm³/mol. The number of aromatic nitrogens is 4. The van der Waals surface area contributed by atoms with Crippen molar-refractivity contribution in [3.8, 4) is 5.69 Å². The Morgan fingerprint density at radius 2 is 1.88 bits per heavy atom. The summed E-state index contributed by atoms with van der Waals surface area (Å²) in [6.07, 6.45) is 1.78.